The van der Waals surface area contributed by atoms with E-state index >= 15 is 0 Å². The van der Waals surface area contributed by atoms with Crippen LogP contribution in [-0.2, 0) is 7.05 Å². The number of aromatic nitrogens is 6. The minimum atomic E-state index is -0.121. The van der Waals surface area contributed by atoms with Gasteiger partial charge in [0.05, 0.1) is 20.3 Å². The molecule has 0 radical (unpaired) electrons. The van der Waals surface area contributed by atoms with Gasteiger partial charge in [-0.25, -0.2) is 0 Å². The fourth-order valence-electron chi connectivity index (χ4n) is 1.53. The molecule has 0 fully saturated rings. The van der Waals surface area contributed by atoms with Crippen LogP contribution in [0.1, 0.15) is 18.8 Å². The maximum Gasteiger partial charge on any atom is 0.324 e. The normalized spacial score (nSPS) is 12.0. The number of methoxy groups -OCH3 is 2. The van der Waals surface area contributed by atoms with Gasteiger partial charge in [0, 0.05) is 7.05 Å². The second kappa shape index (κ2) is 5.46. The van der Waals surface area contributed by atoms with Crippen molar-refractivity contribution < 1.29 is 9.47 Å². The van der Waals surface area contributed by atoms with E-state index in [4.69, 9.17) is 9.47 Å². The van der Waals surface area contributed by atoms with E-state index in [2.05, 4.69) is 30.5 Å². The van der Waals surface area contributed by atoms with Crippen LogP contribution in [0.2, 0.25) is 0 Å². The Morgan fingerprint density at radius 3 is 2.26 bits per heavy atom. The van der Waals surface area contributed by atoms with E-state index in [9.17, 15) is 0 Å². The summed E-state index contributed by atoms with van der Waals surface area (Å²) < 4.78 is 11.8. The third kappa shape index (κ3) is 2.87. The first kappa shape index (κ1) is 13.0. The molecule has 0 aliphatic rings. The molecule has 0 bridgehead atoms. The number of anilines is 1. The van der Waals surface area contributed by atoms with E-state index in [1.165, 1.54) is 14.2 Å². The van der Waals surface area contributed by atoms with Crippen LogP contribution in [0.3, 0.4) is 0 Å². The number of nitrogens with one attached hydrogen (secondary N) is 1. The fraction of sp³-hybridized carbons (Fsp3) is 0.500. The lowest BCUT2D eigenvalue weighted by molar-refractivity contribution is 0.341. The molecule has 9 nitrogen and oxygen atoms in total. The topological polar surface area (TPSA) is 99.9 Å². The predicted octanol–water partition coefficient (Wildman–Crippen LogP) is 0.190. The second-order valence-electron chi connectivity index (χ2n) is 3.80. The van der Waals surface area contributed by atoms with Crippen molar-refractivity contribution in [2.24, 2.45) is 7.05 Å². The Kier molecular flexibility index (Phi) is 3.74. The molecule has 0 aromatic carbocycles. The van der Waals surface area contributed by atoms with Gasteiger partial charge in [0.15, 0.2) is 5.82 Å². The van der Waals surface area contributed by atoms with Gasteiger partial charge in [-0.3, -0.25) is 0 Å². The average Bonchev–Trinajstić information content (AvgIpc) is 2.84. The van der Waals surface area contributed by atoms with Crippen LogP contribution in [0.25, 0.3) is 0 Å². The summed E-state index contributed by atoms with van der Waals surface area (Å²) in [5.41, 5.74) is 0. The van der Waals surface area contributed by atoms with Gasteiger partial charge in [-0.1, -0.05) is 0 Å². The predicted molar refractivity (Wildman–Crippen MR) is 66.0 cm³/mol. The first-order chi connectivity index (χ1) is 9.13. The number of hydrogen-bond donors (Lipinski definition) is 1. The summed E-state index contributed by atoms with van der Waals surface area (Å²) in [6, 6.07) is 0.239. The van der Waals surface area contributed by atoms with Gasteiger partial charge in [-0.2, -0.15) is 9.97 Å². The zero-order valence-corrected chi connectivity index (χ0v) is 11.2. The molecule has 0 aliphatic carbocycles. The average molecular weight is 265 g/mol. The molecule has 2 aromatic rings. The second-order valence-corrected chi connectivity index (χ2v) is 3.80. The third-order valence-electron chi connectivity index (χ3n) is 2.44. The van der Waals surface area contributed by atoms with Crippen molar-refractivity contribution >= 4 is 5.95 Å². The van der Waals surface area contributed by atoms with Crippen molar-refractivity contribution in [2.45, 2.75) is 13.0 Å². The number of hydrogen-bond acceptors (Lipinski definition) is 8. The molecule has 2 aromatic heterocycles. The molecule has 0 aliphatic heterocycles. The van der Waals surface area contributed by atoms with Gasteiger partial charge in [0.1, 0.15) is 6.33 Å². The monoisotopic (exact) mass is 265 g/mol. The summed E-state index contributed by atoms with van der Waals surface area (Å²) in [5.74, 6) is 1.11. The van der Waals surface area contributed by atoms with E-state index in [1.807, 2.05) is 18.5 Å². The number of ether oxygens (including phenoxy) is 2. The lowest BCUT2D eigenvalue weighted by Gasteiger charge is -2.13. The Labute approximate surface area is 110 Å². The van der Waals surface area contributed by atoms with Gasteiger partial charge in [0.2, 0.25) is 5.95 Å². The number of aryl methyl sites for hydroxylation is 1. The first-order valence-electron chi connectivity index (χ1n) is 5.58. The largest absolute Gasteiger partial charge is 0.467 e. The number of nitrogens with zero attached hydrogens (tertiary/aromatic N) is 6. The maximum absolute atomic E-state index is 4.98. The first-order valence-corrected chi connectivity index (χ1v) is 5.58. The van der Waals surface area contributed by atoms with Gasteiger partial charge >= 0.3 is 12.0 Å². The molecule has 1 atom stereocenters. The molecule has 2 heterocycles. The van der Waals surface area contributed by atoms with Crippen LogP contribution in [-0.4, -0.2) is 43.9 Å². The molecule has 2 rings (SSSR count). The minimum absolute atomic E-state index is 0.121. The Morgan fingerprint density at radius 1 is 1.16 bits per heavy atom. The molecule has 0 amide bonds. The molecule has 0 spiro atoms. The zero-order chi connectivity index (χ0) is 13.8. The molecular weight excluding hydrogens is 250 g/mol. The summed E-state index contributed by atoms with van der Waals surface area (Å²) in [4.78, 5) is 12.1. The summed E-state index contributed by atoms with van der Waals surface area (Å²) in [6.45, 7) is 1.92. The highest BCUT2D eigenvalue weighted by Crippen LogP contribution is 2.17. The summed E-state index contributed by atoms with van der Waals surface area (Å²) in [5, 5.41) is 10.9. The highest BCUT2D eigenvalue weighted by Gasteiger charge is 2.14. The lowest BCUT2D eigenvalue weighted by atomic mass is 10.3. The molecule has 102 valence electrons. The lowest BCUT2D eigenvalue weighted by Crippen LogP contribution is -2.14. The Morgan fingerprint density at radius 2 is 1.79 bits per heavy atom. The van der Waals surface area contributed by atoms with Crippen molar-refractivity contribution in [3.63, 3.8) is 0 Å². The number of rotatable bonds is 5. The Balaban J connectivity index is 2.21. The van der Waals surface area contributed by atoms with Gasteiger partial charge in [-0.05, 0) is 6.92 Å². The minimum Gasteiger partial charge on any atom is -0.467 e. The molecule has 1 unspecified atom stereocenters. The van der Waals surface area contributed by atoms with Crippen molar-refractivity contribution in [3.8, 4) is 12.0 Å². The Bertz CT molecular complexity index is 534. The van der Waals surface area contributed by atoms with E-state index in [0.29, 0.717) is 5.95 Å². The smallest absolute Gasteiger partial charge is 0.324 e. The molecule has 9 heteroatoms. The molecule has 19 heavy (non-hydrogen) atoms. The third-order valence-corrected chi connectivity index (χ3v) is 2.44. The zero-order valence-electron chi connectivity index (χ0n) is 11.2. The van der Waals surface area contributed by atoms with Crippen molar-refractivity contribution in [1.29, 1.82) is 0 Å². The summed E-state index contributed by atoms with van der Waals surface area (Å²) in [6.07, 6.45) is 1.63. The maximum atomic E-state index is 4.98. The van der Waals surface area contributed by atoms with E-state index in [0.717, 1.165) is 5.82 Å². The summed E-state index contributed by atoms with van der Waals surface area (Å²) in [7, 11) is 4.82. The van der Waals surface area contributed by atoms with Crippen LogP contribution in [0, 0.1) is 0 Å². The van der Waals surface area contributed by atoms with Crippen molar-refractivity contribution in [2.75, 3.05) is 19.5 Å². The van der Waals surface area contributed by atoms with Crippen molar-refractivity contribution in [1.82, 2.24) is 29.7 Å². The van der Waals surface area contributed by atoms with Crippen LogP contribution in [0.15, 0.2) is 6.33 Å². The highest BCUT2D eigenvalue weighted by atomic mass is 16.5. The van der Waals surface area contributed by atoms with E-state index in [-0.39, 0.29) is 18.1 Å². The molecule has 1 N–H and O–H groups in total. The van der Waals surface area contributed by atoms with Gasteiger partial charge < -0.3 is 19.4 Å². The van der Waals surface area contributed by atoms with Crippen LogP contribution >= 0.6 is 0 Å². The summed E-state index contributed by atoms with van der Waals surface area (Å²) >= 11 is 0. The van der Waals surface area contributed by atoms with Crippen LogP contribution in [0.4, 0.5) is 5.95 Å². The molecular formula is C10H15N7O2. The SMILES string of the molecule is COc1nc(NC(C)c2nncn2C)nc(OC)n1. The van der Waals surface area contributed by atoms with Crippen LogP contribution in [0.5, 0.6) is 12.0 Å². The Hall–Kier alpha value is -2.45. The van der Waals surface area contributed by atoms with E-state index < -0.39 is 0 Å². The quantitative estimate of drug-likeness (QED) is 0.817. The standard InChI is InChI=1S/C10H15N7O2/c1-6(7-16-11-5-17(7)2)12-8-13-9(18-3)15-10(14-8)19-4/h5-6H,1-4H3,(H,12,13,14,15). The van der Waals surface area contributed by atoms with E-state index in [1.54, 1.807) is 6.33 Å². The fourth-order valence-corrected chi connectivity index (χ4v) is 1.53. The van der Waals surface area contributed by atoms with Gasteiger partial charge in [0.25, 0.3) is 0 Å². The highest BCUT2D eigenvalue weighted by molar-refractivity contribution is 5.30. The van der Waals surface area contributed by atoms with Crippen LogP contribution < -0.4 is 14.8 Å². The molecule has 0 saturated carbocycles. The van der Waals surface area contributed by atoms with Crippen molar-refractivity contribution in [3.05, 3.63) is 12.2 Å². The molecule has 0 saturated heterocycles. The van der Waals surface area contributed by atoms with Gasteiger partial charge in [-0.15, -0.1) is 15.2 Å².